The molecule has 0 aromatic heterocycles. The van der Waals surface area contributed by atoms with Crippen molar-refractivity contribution in [3.05, 3.63) is 0 Å². The lowest BCUT2D eigenvalue weighted by Crippen LogP contribution is -2.52. The second-order valence-electron chi connectivity index (χ2n) is 3.63. The molecule has 1 aliphatic heterocycles. The Morgan fingerprint density at radius 2 is 2.38 bits per heavy atom. The highest BCUT2D eigenvalue weighted by Crippen LogP contribution is 2.33. The maximum absolute atomic E-state index is 10.4. The summed E-state index contributed by atoms with van der Waals surface area (Å²) in [6.45, 7) is 0. The van der Waals surface area contributed by atoms with Crippen LogP contribution in [0.4, 0.5) is 4.79 Å². The Labute approximate surface area is 81.5 Å². The number of thioether (sulfide) groups is 1. The number of nitrogens with one attached hydrogen (secondary N) is 2. The van der Waals surface area contributed by atoms with Crippen LogP contribution in [-0.4, -0.2) is 28.5 Å². The number of hydrogen-bond acceptors (Lipinski definition) is 3. The predicted octanol–water partition coefficient (Wildman–Crippen LogP) is 1.04. The van der Waals surface area contributed by atoms with Crippen LogP contribution in [0.3, 0.4) is 0 Å². The lowest BCUT2D eigenvalue weighted by molar-refractivity contribution is 0.190. The van der Waals surface area contributed by atoms with Crippen molar-refractivity contribution in [3.63, 3.8) is 0 Å². The molecule has 3 N–H and O–H groups in total. The summed E-state index contributed by atoms with van der Waals surface area (Å²) in [5, 5.41) is 14.3. The van der Waals surface area contributed by atoms with Crippen LogP contribution in [0, 0.1) is 5.92 Å². The zero-order chi connectivity index (χ0) is 9.26. The predicted molar refractivity (Wildman–Crippen MR) is 51.7 cm³/mol. The van der Waals surface area contributed by atoms with E-state index in [0.29, 0.717) is 6.04 Å². The Morgan fingerprint density at radius 1 is 1.54 bits per heavy atom. The van der Waals surface area contributed by atoms with Gasteiger partial charge in [0.25, 0.3) is 0 Å². The van der Waals surface area contributed by atoms with E-state index in [4.69, 9.17) is 5.11 Å². The fraction of sp³-hybridized carbons (Fsp3) is 0.875. The Hall–Kier alpha value is -0.420. The molecular weight excluding hydrogens is 188 g/mol. The van der Waals surface area contributed by atoms with Crippen molar-refractivity contribution in [2.45, 2.75) is 30.8 Å². The van der Waals surface area contributed by atoms with Crippen molar-refractivity contribution >= 4 is 17.9 Å². The molecule has 2 fully saturated rings. The molecule has 1 saturated heterocycles. The third kappa shape index (κ3) is 2.08. The van der Waals surface area contributed by atoms with Gasteiger partial charge >= 0.3 is 6.09 Å². The summed E-state index contributed by atoms with van der Waals surface area (Å²) in [5.41, 5.74) is -0.100. The summed E-state index contributed by atoms with van der Waals surface area (Å²) in [6.07, 6.45) is 2.83. The van der Waals surface area contributed by atoms with E-state index in [0.717, 1.165) is 11.7 Å². The molecule has 2 aliphatic rings. The van der Waals surface area contributed by atoms with Gasteiger partial charge in [-0.25, -0.2) is 4.79 Å². The van der Waals surface area contributed by atoms with E-state index < -0.39 is 6.09 Å². The fourth-order valence-corrected chi connectivity index (χ4v) is 3.41. The Morgan fingerprint density at radius 3 is 3.15 bits per heavy atom. The summed E-state index contributed by atoms with van der Waals surface area (Å²) < 4.78 is 0. The van der Waals surface area contributed by atoms with Crippen molar-refractivity contribution in [3.8, 4) is 0 Å². The molecule has 0 aromatic rings. The lowest BCUT2D eigenvalue weighted by Gasteiger charge is -2.32. The van der Waals surface area contributed by atoms with Crippen LogP contribution in [0.15, 0.2) is 0 Å². The summed E-state index contributed by atoms with van der Waals surface area (Å²) in [4.78, 5) is 10.4. The molecule has 1 saturated carbocycles. The highest BCUT2D eigenvalue weighted by Gasteiger charge is 2.34. The number of amides is 1. The monoisotopic (exact) mass is 202 g/mol. The van der Waals surface area contributed by atoms with E-state index >= 15 is 0 Å². The van der Waals surface area contributed by atoms with Gasteiger partial charge in [0, 0.05) is 11.8 Å². The minimum atomic E-state index is -0.943. The molecule has 3 atom stereocenters. The van der Waals surface area contributed by atoms with Crippen LogP contribution in [0.5, 0.6) is 0 Å². The average molecular weight is 202 g/mol. The van der Waals surface area contributed by atoms with Gasteiger partial charge in [-0.15, -0.1) is 11.8 Å². The Kier molecular flexibility index (Phi) is 2.64. The van der Waals surface area contributed by atoms with Gasteiger partial charge in [-0.3, -0.25) is 10.6 Å². The summed E-state index contributed by atoms with van der Waals surface area (Å²) >= 11 is 1.66. The van der Waals surface area contributed by atoms with Gasteiger partial charge in [0.05, 0.1) is 0 Å². The number of carboxylic acid groups (broad SMARTS) is 1. The average Bonchev–Trinajstić information content (AvgIpc) is 2.49. The number of carbonyl (C=O) groups is 1. The van der Waals surface area contributed by atoms with Gasteiger partial charge in [0.15, 0.2) is 0 Å². The second-order valence-corrected chi connectivity index (χ2v) is 4.77. The largest absolute Gasteiger partial charge is 0.465 e. The van der Waals surface area contributed by atoms with Crippen LogP contribution in [0.1, 0.15) is 19.3 Å². The van der Waals surface area contributed by atoms with Gasteiger partial charge in [0.1, 0.15) is 5.50 Å². The zero-order valence-electron chi connectivity index (χ0n) is 7.32. The van der Waals surface area contributed by atoms with E-state index in [1.165, 1.54) is 19.3 Å². The summed E-state index contributed by atoms with van der Waals surface area (Å²) in [6, 6.07) is 0.540. The van der Waals surface area contributed by atoms with Crippen molar-refractivity contribution in [2.24, 2.45) is 5.92 Å². The second kappa shape index (κ2) is 3.75. The third-order valence-electron chi connectivity index (χ3n) is 2.76. The van der Waals surface area contributed by atoms with Crippen LogP contribution < -0.4 is 10.6 Å². The Bertz CT molecular complexity index is 212. The standard InChI is InChI=1S/C8H14N2O2S/c11-8(12)10-7-9-6-3-1-2-5(6)4-13-7/h5-7,9-10H,1-4H2,(H,11,12). The van der Waals surface area contributed by atoms with E-state index in [1.54, 1.807) is 11.8 Å². The first-order valence-corrected chi connectivity index (χ1v) is 5.67. The minimum absolute atomic E-state index is 0.100. The van der Waals surface area contributed by atoms with Gasteiger partial charge < -0.3 is 5.11 Å². The van der Waals surface area contributed by atoms with Gasteiger partial charge in [-0.05, 0) is 18.8 Å². The molecule has 0 spiro atoms. The van der Waals surface area contributed by atoms with Crippen LogP contribution in [0.25, 0.3) is 0 Å². The molecule has 1 amide bonds. The van der Waals surface area contributed by atoms with Gasteiger partial charge in [0.2, 0.25) is 0 Å². The van der Waals surface area contributed by atoms with Crippen LogP contribution in [-0.2, 0) is 0 Å². The maximum atomic E-state index is 10.4. The van der Waals surface area contributed by atoms with Crippen LogP contribution in [0.2, 0.25) is 0 Å². The van der Waals surface area contributed by atoms with Crippen molar-refractivity contribution in [2.75, 3.05) is 5.75 Å². The summed E-state index contributed by atoms with van der Waals surface area (Å²) in [7, 11) is 0. The molecule has 2 rings (SSSR count). The third-order valence-corrected chi connectivity index (χ3v) is 3.96. The van der Waals surface area contributed by atoms with E-state index in [2.05, 4.69) is 10.6 Å². The molecule has 0 aromatic carbocycles. The first-order chi connectivity index (χ1) is 6.25. The molecule has 0 radical (unpaired) electrons. The molecule has 1 aliphatic carbocycles. The van der Waals surface area contributed by atoms with Crippen LogP contribution >= 0.6 is 11.8 Å². The minimum Gasteiger partial charge on any atom is -0.465 e. The van der Waals surface area contributed by atoms with Gasteiger partial charge in [-0.2, -0.15) is 0 Å². The molecule has 4 nitrogen and oxygen atoms in total. The lowest BCUT2D eigenvalue weighted by atomic mass is 10.1. The first-order valence-electron chi connectivity index (χ1n) is 4.63. The van der Waals surface area contributed by atoms with Crippen molar-refractivity contribution in [1.82, 2.24) is 10.6 Å². The normalized spacial score (nSPS) is 38.3. The summed E-state index contributed by atoms with van der Waals surface area (Å²) in [5.74, 6) is 1.85. The molecule has 1 heterocycles. The molecule has 0 bridgehead atoms. The molecular formula is C8H14N2O2S. The Balaban J connectivity index is 1.86. The SMILES string of the molecule is O=C(O)NC1NC2CCCC2CS1. The zero-order valence-corrected chi connectivity index (χ0v) is 8.14. The molecule has 13 heavy (non-hydrogen) atoms. The van der Waals surface area contributed by atoms with E-state index in [9.17, 15) is 4.79 Å². The molecule has 3 unspecified atom stereocenters. The van der Waals surface area contributed by atoms with E-state index in [1.807, 2.05) is 0 Å². The highest BCUT2D eigenvalue weighted by molar-refractivity contribution is 7.99. The number of fused-ring (bicyclic) bond motifs is 1. The fourth-order valence-electron chi connectivity index (χ4n) is 2.11. The smallest absolute Gasteiger partial charge is 0.406 e. The van der Waals surface area contributed by atoms with E-state index in [-0.39, 0.29) is 5.50 Å². The highest BCUT2D eigenvalue weighted by atomic mass is 32.2. The molecule has 74 valence electrons. The van der Waals surface area contributed by atoms with Gasteiger partial charge in [-0.1, -0.05) is 6.42 Å². The van der Waals surface area contributed by atoms with Crippen molar-refractivity contribution < 1.29 is 9.90 Å². The quantitative estimate of drug-likeness (QED) is 0.594. The number of rotatable bonds is 1. The first kappa shape index (κ1) is 9.15. The molecule has 5 heteroatoms. The topological polar surface area (TPSA) is 61.4 Å². The van der Waals surface area contributed by atoms with Crippen molar-refractivity contribution in [1.29, 1.82) is 0 Å². The maximum Gasteiger partial charge on any atom is 0.406 e. The number of hydrogen-bond donors (Lipinski definition) is 3.